The molecule has 1 saturated heterocycles. The van der Waals surface area contributed by atoms with Crippen LogP contribution < -0.4 is 13.8 Å². The Hall–Kier alpha value is -4.16. The first-order valence-corrected chi connectivity index (χ1v) is 13.5. The number of rotatable bonds is 8. The number of hydrogen-bond acceptors (Lipinski definition) is 8. The van der Waals surface area contributed by atoms with Crippen molar-refractivity contribution in [3.05, 3.63) is 88.5 Å². The van der Waals surface area contributed by atoms with Gasteiger partial charge in [0.25, 0.3) is 15.7 Å². The molecule has 0 unspecified atom stereocenters. The highest BCUT2D eigenvalue weighted by Gasteiger charge is 2.34. The van der Waals surface area contributed by atoms with Gasteiger partial charge in [0.15, 0.2) is 16.4 Å². The standard InChI is InChI=1S/C26H26N4O7S/c31-26(28-14-12-27(13-15-28)17-20-10-11-23-24(16-20)37-19-36-23)18-29(21-6-2-1-3-7-21)38(34,35)25-9-5-4-8-22(25)30(32)33/h1-11,16H,12-15,17-19H2. The monoisotopic (exact) mass is 538 g/mol. The molecule has 0 aliphatic carbocycles. The maximum absolute atomic E-state index is 13.6. The molecule has 0 radical (unpaired) electrons. The second-order valence-electron chi connectivity index (χ2n) is 8.92. The fourth-order valence-electron chi connectivity index (χ4n) is 4.53. The number of carbonyl (C=O) groups is 1. The summed E-state index contributed by atoms with van der Waals surface area (Å²) in [5.41, 5.74) is 0.776. The van der Waals surface area contributed by atoms with Crippen LogP contribution in [0.15, 0.2) is 77.7 Å². The minimum absolute atomic E-state index is 0.215. The average molecular weight is 539 g/mol. The van der Waals surface area contributed by atoms with Crippen molar-refractivity contribution in [3.63, 3.8) is 0 Å². The van der Waals surface area contributed by atoms with Crippen LogP contribution >= 0.6 is 0 Å². The van der Waals surface area contributed by atoms with Gasteiger partial charge < -0.3 is 14.4 Å². The number of anilines is 1. The molecule has 2 aliphatic heterocycles. The molecule has 12 heteroatoms. The number of hydrogen-bond donors (Lipinski definition) is 0. The SMILES string of the molecule is O=C(CN(c1ccccc1)S(=O)(=O)c1ccccc1[N+](=O)[O-])N1CCN(Cc2ccc3c(c2)OCO3)CC1. The van der Waals surface area contributed by atoms with Crippen LogP contribution in [0.5, 0.6) is 11.5 Å². The van der Waals surface area contributed by atoms with Crippen LogP contribution in [0.3, 0.4) is 0 Å². The quantitative estimate of drug-likeness (QED) is 0.317. The molecule has 0 N–H and O–H groups in total. The van der Waals surface area contributed by atoms with E-state index in [4.69, 9.17) is 9.47 Å². The molecule has 3 aromatic rings. The zero-order valence-corrected chi connectivity index (χ0v) is 21.2. The predicted octanol–water partition coefficient (Wildman–Crippen LogP) is 2.86. The van der Waals surface area contributed by atoms with E-state index in [1.165, 1.54) is 18.2 Å². The van der Waals surface area contributed by atoms with Crippen LogP contribution in [0.4, 0.5) is 11.4 Å². The van der Waals surface area contributed by atoms with E-state index in [1.54, 1.807) is 35.2 Å². The number of amides is 1. The molecule has 0 aromatic heterocycles. The van der Waals surface area contributed by atoms with E-state index in [0.29, 0.717) is 32.7 Å². The van der Waals surface area contributed by atoms with E-state index < -0.39 is 32.1 Å². The van der Waals surface area contributed by atoms with Crippen molar-refractivity contribution in [3.8, 4) is 11.5 Å². The lowest BCUT2D eigenvalue weighted by atomic mass is 10.1. The minimum Gasteiger partial charge on any atom is -0.454 e. The lowest BCUT2D eigenvalue weighted by molar-refractivity contribution is -0.387. The Labute approximate surface area is 220 Å². The Kier molecular flexibility index (Phi) is 7.16. The van der Waals surface area contributed by atoms with E-state index in [1.807, 2.05) is 18.2 Å². The van der Waals surface area contributed by atoms with Gasteiger partial charge in [0.1, 0.15) is 6.54 Å². The second-order valence-corrected chi connectivity index (χ2v) is 10.7. The van der Waals surface area contributed by atoms with Crippen molar-refractivity contribution in [1.29, 1.82) is 0 Å². The highest BCUT2D eigenvalue weighted by Crippen LogP contribution is 2.33. The highest BCUT2D eigenvalue weighted by atomic mass is 32.2. The zero-order chi connectivity index (χ0) is 26.7. The van der Waals surface area contributed by atoms with E-state index in [0.717, 1.165) is 27.4 Å². The summed E-state index contributed by atoms with van der Waals surface area (Å²) in [6, 6.07) is 19.1. The van der Waals surface area contributed by atoms with Gasteiger partial charge in [-0.25, -0.2) is 8.42 Å². The molecule has 0 bridgehead atoms. The maximum atomic E-state index is 13.6. The maximum Gasteiger partial charge on any atom is 0.289 e. The Morgan fingerprint density at radius 3 is 2.34 bits per heavy atom. The van der Waals surface area contributed by atoms with Crippen molar-refractivity contribution >= 4 is 27.3 Å². The van der Waals surface area contributed by atoms with E-state index in [9.17, 15) is 23.3 Å². The minimum atomic E-state index is -4.41. The number of piperazine rings is 1. The summed E-state index contributed by atoms with van der Waals surface area (Å²) in [6.07, 6.45) is 0. The number of sulfonamides is 1. The Morgan fingerprint density at radius 2 is 1.61 bits per heavy atom. The third-order valence-corrected chi connectivity index (χ3v) is 8.34. The van der Waals surface area contributed by atoms with Gasteiger partial charge in [-0.2, -0.15) is 0 Å². The number of fused-ring (bicyclic) bond motifs is 1. The van der Waals surface area contributed by atoms with Crippen LogP contribution in [0.2, 0.25) is 0 Å². The number of para-hydroxylation sites is 2. The first kappa shape index (κ1) is 25.5. The summed E-state index contributed by atoms with van der Waals surface area (Å²) in [5.74, 6) is 1.07. The van der Waals surface area contributed by atoms with Crippen LogP contribution in [-0.2, 0) is 21.4 Å². The van der Waals surface area contributed by atoms with Crippen molar-refractivity contribution in [2.24, 2.45) is 0 Å². The molecule has 1 amide bonds. The van der Waals surface area contributed by atoms with E-state index in [2.05, 4.69) is 4.90 Å². The fourth-order valence-corrected chi connectivity index (χ4v) is 6.10. The van der Waals surface area contributed by atoms with Gasteiger partial charge in [-0.15, -0.1) is 0 Å². The molecule has 0 spiro atoms. The summed E-state index contributed by atoms with van der Waals surface area (Å²) in [5, 5.41) is 11.5. The average Bonchev–Trinajstić information content (AvgIpc) is 3.40. The van der Waals surface area contributed by atoms with Gasteiger partial charge in [0.05, 0.1) is 10.6 Å². The zero-order valence-electron chi connectivity index (χ0n) is 20.4. The third kappa shape index (κ3) is 5.27. The highest BCUT2D eigenvalue weighted by molar-refractivity contribution is 7.93. The molecule has 5 rings (SSSR count). The molecule has 11 nitrogen and oxygen atoms in total. The molecular formula is C26H26N4O7S. The Balaban J connectivity index is 1.29. The lowest BCUT2D eigenvalue weighted by Gasteiger charge is -2.36. The predicted molar refractivity (Wildman–Crippen MR) is 138 cm³/mol. The lowest BCUT2D eigenvalue weighted by Crippen LogP contribution is -2.51. The number of ether oxygens (including phenoxy) is 2. The number of carbonyl (C=O) groups excluding carboxylic acids is 1. The Morgan fingerprint density at radius 1 is 0.921 bits per heavy atom. The van der Waals surface area contributed by atoms with Crippen molar-refractivity contribution < 1.29 is 27.6 Å². The van der Waals surface area contributed by atoms with Gasteiger partial charge in [0.2, 0.25) is 12.7 Å². The van der Waals surface area contributed by atoms with E-state index in [-0.39, 0.29) is 18.4 Å². The molecule has 1 fully saturated rings. The van der Waals surface area contributed by atoms with Gasteiger partial charge in [-0.05, 0) is 35.9 Å². The smallest absolute Gasteiger partial charge is 0.289 e. The summed E-state index contributed by atoms with van der Waals surface area (Å²) in [6.45, 7) is 2.51. The van der Waals surface area contributed by atoms with E-state index >= 15 is 0 Å². The normalized spacial score (nSPS) is 15.3. The Bertz CT molecular complexity index is 1440. The molecule has 2 heterocycles. The van der Waals surface area contributed by atoms with Gasteiger partial charge in [0, 0.05) is 38.8 Å². The number of benzene rings is 3. The summed E-state index contributed by atoms with van der Waals surface area (Å²) in [4.78, 5) is 27.5. The summed E-state index contributed by atoms with van der Waals surface area (Å²) in [7, 11) is -4.41. The molecule has 3 aromatic carbocycles. The molecular weight excluding hydrogens is 512 g/mol. The van der Waals surface area contributed by atoms with Crippen LogP contribution in [0, 0.1) is 10.1 Å². The molecule has 0 saturated carbocycles. The van der Waals surface area contributed by atoms with Crippen LogP contribution in [0.25, 0.3) is 0 Å². The summed E-state index contributed by atoms with van der Waals surface area (Å²) >= 11 is 0. The molecule has 0 atom stereocenters. The van der Waals surface area contributed by atoms with Crippen molar-refractivity contribution in [2.45, 2.75) is 11.4 Å². The largest absolute Gasteiger partial charge is 0.454 e. The van der Waals surface area contributed by atoms with Crippen molar-refractivity contribution in [1.82, 2.24) is 9.80 Å². The van der Waals surface area contributed by atoms with Crippen LogP contribution in [0.1, 0.15) is 5.56 Å². The van der Waals surface area contributed by atoms with Crippen LogP contribution in [-0.4, -0.2) is 68.6 Å². The van der Waals surface area contributed by atoms with Gasteiger partial charge in [-0.3, -0.25) is 24.1 Å². The van der Waals surface area contributed by atoms with Crippen molar-refractivity contribution in [2.75, 3.05) is 43.8 Å². The molecule has 38 heavy (non-hydrogen) atoms. The molecule has 2 aliphatic rings. The third-order valence-electron chi connectivity index (χ3n) is 6.52. The fraction of sp³-hybridized carbons (Fsp3) is 0.269. The number of nitro groups is 1. The number of nitrogens with zero attached hydrogens (tertiary/aromatic N) is 4. The first-order chi connectivity index (χ1) is 18.3. The first-order valence-electron chi connectivity index (χ1n) is 12.0. The molecule has 198 valence electrons. The topological polar surface area (TPSA) is 123 Å². The second kappa shape index (κ2) is 10.7. The van der Waals surface area contributed by atoms with Gasteiger partial charge >= 0.3 is 0 Å². The van der Waals surface area contributed by atoms with Gasteiger partial charge in [-0.1, -0.05) is 36.4 Å². The number of nitro benzene ring substituents is 1. The summed E-state index contributed by atoms with van der Waals surface area (Å²) < 4.78 is 39.0.